The van der Waals surface area contributed by atoms with E-state index in [1.807, 2.05) is 12.1 Å². The van der Waals surface area contributed by atoms with Crippen molar-refractivity contribution in [1.29, 1.82) is 0 Å². The standard InChI is InChI=1S/C16H14BrFN2/c1-10-16(17)13-4-2-3-5-15(13)20(10)9-11-6-7-12(18)8-14(11)19/h2-8H,9,19H2,1H3. The van der Waals surface area contributed by atoms with Crippen molar-refractivity contribution < 1.29 is 4.39 Å². The zero-order valence-electron chi connectivity index (χ0n) is 11.0. The van der Waals surface area contributed by atoms with Gasteiger partial charge in [0.2, 0.25) is 0 Å². The highest BCUT2D eigenvalue weighted by molar-refractivity contribution is 9.10. The molecule has 0 amide bonds. The first kappa shape index (κ1) is 13.2. The predicted octanol–water partition coefficient (Wildman–Crippen LogP) is 4.48. The van der Waals surface area contributed by atoms with Gasteiger partial charge in [-0.1, -0.05) is 24.3 Å². The number of aromatic nitrogens is 1. The minimum absolute atomic E-state index is 0.304. The third-order valence-corrected chi connectivity index (χ3v) is 4.59. The minimum atomic E-state index is -0.304. The number of hydrogen-bond acceptors (Lipinski definition) is 1. The molecule has 20 heavy (non-hydrogen) atoms. The van der Waals surface area contributed by atoms with Crippen LogP contribution in [0.3, 0.4) is 0 Å². The number of nitrogens with two attached hydrogens (primary N) is 1. The van der Waals surface area contributed by atoms with E-state index in [4.69, 9.17) is 5.73 Å². The van der Waals surface area contributed by atoms with Crippen LogP contribution in [0.1, 0.15) is 11.3 Å². The number of fused-ring (bicyclic) bond motifs is 1. The molecule has 0 saturated heterocycles. The summed E-state index contributed by atoms with van der Waals surface area (Å²) >= 11 is 3.63. The minimum Gasteiger partial charge on any atom is -0.398 e. The van der Waals surface area contributed by atoms with E-state index in [2.05, 4.69) is 39.6 Å². The van der Waals surface area contributed by atoms with E-state index >= 15 is 0 Å². The van der Waals surface area contributed by atoms with Crippen LogP contribution in [0, 0.1) is 12.7 Å². The highest BCUT2D eigenvalue weighted by Crippen LogP contribution is 2.31. The largest absolute Gasteiger partial charge is 0.398 e. The molecule has 102 valence electrons. The Hall–Kier alpha value is -1.81. The van der Waals surface area contributed by atoms with E-state index in [-0.39, 0.29) is 5.82 Å². The SMILES string of the molecule is Cc1c(Br)c2ccccc2n1Cc1ccc(F)cc1N. The maximum atomic E-state index is 13.1. The first-order chi connectivity index (χ1) is 9.58. The number of halogens is 2. The Bertz CT molecular complexity index is 793. The van der Waals surface area contributed by atoms with Crippen LogP contribution in [0.5, 0.6) is 0 Å². The summed E-state index contributed by atoms with van der Waals surface area (Å²) in [5.41, 5.74) is 9.58. The van der Waals surface area contributed by atoms with Gasteiger partial charge in [0, 0.05) is 33.3 Å². The lowest BCUT2D eigenvalue weighted by atomic mass is 10.1. The normalized spacial score (nSPS) is 11.2. The molecule has 0 bridgehead atoms. The Morgan fingerprint density at radius 2 is 1.95 bits per heavy atom. The number of benzene rings is 2. The van der Waals surface area contributed by atoms with Crippen LogP contribution in [-0.4, -0.2) is 4.57 Å². The Morgan fingerprint density at radius 3 is 2.70 bits per heavy atom. The van der Waals surface area contributed by atoms with E-state index in [1.165, 1.54) is 17.5 Å². The van der Waals surface area contributed by atoms with Gasteiger partial charge in [-0.2, -0.15) is 0 Å². The van der Waals surface area contributed by atoms with E-state index < -0.39 is 0 Å². The van der Waals surface area contributed by atoms with E-state index in [0.717, 1.165) is 21.2 Å². The van der Waals surface area contributed by atoms with Crippen LogP contribution in [0.15, 0.2) is 46.9 Å². The molecular formula is C16H14BrFN2. The average Bonchev–Trinajstić information content (AvgIpc) is 2.67. The summed E-state index contributed by atoms with van der Waals surface area (Å²) in [6.45, 7) is 2.69. The predicted molar refractivity (Wildman–Crippen MR) is 84.3 cm³/mol. The third kappa shape index (κ3) is 2.10. The fraction of sp³-hybridized carbons (Fsp3) is 0.125. The molecule has 2 aromatic carbocycles. The van der Waals surface area contributed by atoms with Crippen molar-refractivity contribution in [3.8, 4) is 0 Å². The molecule has 4 heteroatoms. The molecule has 3 rings (SSSR count). The van der Waals surface area contributed by atoms with Crippen LogP contribution in [0.25, 0.3) is 10.9 Å². The fourth-order valence-corrected chi connectivity index (χ4v) is 3.02. The van der Waals surface area contributed by atoms with Crippen molar-refractivity contribution in [1.82, 2.24) is 4.57 Å². The molecular weight excluding hydrogens is 319 g/mol. The van der Waals surface area contributed by atoms with Gasteiger partial charge < -0.3 is 10.3 Å². The van der Waals surface area contributed by atoms with Crippen LogP contribution in [0.4, 0.5) is 10.1 Å². The number of nitrogen functional groups attached to an aromatic ring is 1. The molecule has 0 atom stereocenters. The Labute approximate surface area is 125 Å². The van der Waals surface area contributed by atoms with Crippen molar-refractivity contribution in [2.24, 2.45) is 0 Å². The Balaban J connectivity index is 2.13. The quantitative estimate of drug-likeness (QED) is 0.689. The zero-order valence-corrected chi connectivity index (χ0v) is 12.6. The van der Waals surface area contributed by atoms with Crippen molar-refractivity contribution in [2.45, 2.75) is 13.5 Å². The summed E-state index contributed by atoms with van der Waals surface area (Å²) in [6.07, 6.45) is 0. The smallest absolute Gasteiger partial charge is 0.125 e. The second-order valence-corrected chi connectivity index (χ2v) is 5.64. The Kier molecular flexibility index (Phi) is 3.26. The maximum Gasteiger partial charge on any atom is 0.125 e. The van der Waals surface area contributed by atoms with Gasteiger partial charge in [-0.05, 0) is 46.6 Å². The monoisotopic (exact) mass is 332 g/mol. The summed E-state index contributed by atoms with van der Waals surface area (Å²) in [4.78, 5) is 0. The molecule has 0 aliphatic carbocycles. The van der Waals surface area contributed by atoms with Gasteiger partial charge in [-0.25, -0.2) is 4.39 Å². The molecule has 0 spiro atoms. The van der Waals surface area contributed by atoms with Gasteiger partial charge in [-0.15, -0.1) is 0 Å². The van der Waals surface area contributed by atoms with Gasteiger partial charge in [0.05, 0.1) is 0 Å². The summed E-state index contributed by atoms with van der Waals surface area (Å²) in [6, 6.07) is 12.7. The van der Waals surface area contributed by atoms with Gasteiger partial charge in [0.25, 0.3) is 0 Å². The molecule has 0 saturated carbocycles. The molecule has 0 unspecified atom stereocenters. The summed E-state index contributed by atoms with van der Waals surface area (Å²) < 4.78 is 16.4. The number of rotatable bonds is 2. The second kappa shape index (κ2) is 4.94. The average molecular weight is 333 g/mol. The summed E-state index contributed by atoms with van der Waals surface area (Å²) in [7, 11) is 0. The van der Waals surface area contributed by atoms with Gasteiger partial charge >= 0.3 is 0 Å². The number of anilines is 1. The summed E-state index contributed by atoms with van der Waals surface area (Å²) in [5.74, 6) is -0.304. The van der Waals surface area contributed by atoms with Crippen LogP contribution < -0.4 is 5.73 Å². The fourth-order valence-electron chi connectivity index (χ4n) is 2.47. The lowest BCUT2D eigenvalue weighted by molar-refractivity contribution is 0.627. The highest BCUT2D eigenvalue weighted by Gasteiger charge is 2.12. The molecule has 1 heterocycles. The molecule has 2 nitrogen and oxygen atoms in total. The molecule has 0 fully saturated rings. The third-order valence-electron chi connectivity index (χ3n) is 3.59. The molecule has 2 N–H and O–H groups in total. The van der Waals surface area contributed by atoms with Crippen LogP contribution in [-0.2, 0) is 6.54 Å². The summed E-state index contributed by atoms with van der Waals surface area (Å²) in [5, 5.41) is 1.17. The van der Waals surface area contributed by atoms with Gasteiger partial charge in [-0.3, -0.25) is 0 Å². The van der Waals surface area contributed by atoms with E-state index in [0.29, 0.717) is 12.2 Å². The van der Waals surface area contributed by atoms with E-state index in [9.17, 15) is 4.39 Å². The lowest BCUT2D eigenvalue weighted by Gasteiger charge is -2.11. The molecule has 0 radical (unpaired) electrons. The second-order valence-electron chi connectivity index (χ2n) is 4.85. The Morgan fingerprint density at radius 1 is 1.20 bits per heavy atom. The lowest BCUT2D eigenvalue weighted by Crippen LogP contribution is -2.04. The van der Waals surface area contributed by atoms with Gasteiger partial charge in [0.15, 0.2) is 0 Å². The highest BCUT2D eigenvalue weighted by atomic mass is 79.9. The number of nitrogens with zero attached hydrogens (tertiary/aromatic N) is 1. The molecule has 0 aliphatic rings. The van der Waals surface area contributed by atoms with Crippen molar-refractivity contribution in [2.75, 3.05) is 5.73 Å². The topological polar surface area (TPSA) is 30.9 Å². The number of hydrogen-bond donors (Lipinski definition) is 1. The zero-order chi connectivity index (χ0) is 14.3. The molecule has 0 aliphatic heterocycles. The van der Waals surface area contributed by atoms with E-state index in [1.54, 1.807) is 6.07 Å². The number of para-hydroxylation sites is 1. The van der Waals surface area contributed by atoms with Crippen molar-refractivity contribution in [3.05, 3.63) is 64.0 Å². The van der Waals surface area contributed by atoms with Crippen molar-refractivity contribution in [3.63, 3.8) is 0 Å². The first-order valence-electron chi connectivity index (χ1n) is 6.35. The van der Waals surface area contributed by atoms with Crippen molar-refractivity contribution >= 4 is 32.5 Å². The van der Waals surface area contributed by atoms with Crippen LogP contribution >= 0.6 is 15.9 Å². The molecule has 3 aromatic rings. The maximum absolute atomic E-state index is 13.1. The van der Waals surface area contributed by atoms with Gasteiger partial charge in [0.1, 0.15) is 5.82 Å². The first-order valence-corrected chi connectivity index (χ1v) is 7.14. The van der Waals surface area contributed by atoms with Crippen LogP contribution in [0.2, 0.25) is 0 Å². The molecule has 1 aromatic heterocycles.